The fourth-order valence-corrected chi connectivity index (χ4v) is 2.69. The Morgan fingerprint density at radius 1 is 1.27 bits per heavy atom. The van der Waals surface area contributed by atoms with Gasteiger partial charge in [0.05, 0.1) is 0 Å². The fraction of sp³-hybridized carbons (Fsp3) is 1.00. The Hall–Kier alpha value is -0.0800. The summed E-state index contributed by atoms with van der Waals surface area (Å²) >= 11 is 0. The summed E-state index contributed by atoms with van der Waals surface area (Å²) in [5.74, 6) is 0.939. The maximum atomic E-state index is 3.61. The Kier molecular flexibility index (Phi) is 2.63. The van der Waals surface area contributed by atoms with Gasteiger partial charge in [-0.15, -0.1) is 0 Å². The van der Waals surface area contributed by atoms with E-state index in [4.69, 9.17) is 0 Å². The van der Waals surface area contributed by atoms with Crippen molar-refractivity contribution in [2.45, 2.75) is 52.6 Å². The summed E-state index contributed by atoms with van der Waals surface area (Å²) in [5, 5.41) is 3.61. The molecular weight excluding hydrogens is 184 g/mol. The van der Waals surface area contributed by atoms with Crippen LogP contribution in [0, 0.1) is 11.3 Å². The molecule has 2 rings (SSSR count). The summed E-state index contributed by atoms with van der Waals surface area (Å²) in [6.07, 6.45) is 1.42. The molecule has 2 atom stereocenters. The van der Waals surface area contributed by atoms with Gasteiger partial charge in [-0.05, 0) is 38.5 Å². The molecule has 0 amide bonds. The van der Waals surface area contributed by atoms with Gasteiger partial charge in [0.25, 0.3) is 0 Å². The van der Waals surface area contributed by atoms with Crippen LogP contribution in [0.1, 0.15) is 41.0 Å². The van der Waals surface area contributed by atoms with E-state index in [0.717, 1.165) is 12.5 Å². The molecule has 0 aromatic heterocycles. The monoisotopic (exact) mass is 210 g/mol. The van der Waals surface area contributed by atoms with Crippen LogP contribution in [-0.4, -0.2) is 36.1 Å². The lowest BCUT2D eigenvalue weighted by molar-refractivity contribution is 0.0962. The molecular formula is C13H26N2. The fourth-order valence-electron chi connectivity index (χ4n) is 2.69. The highest BCUT2D eigenvalue weighted by atomic mass is 15.2. The van der Waals surface area contributed by atoms with Gasteiger partial charge in [0, 0.05) is 31.2 Å². The lowest BCUT2D eigenvalue weighted by Crippen LogP contribution is -2.61. The molecule has 1 aliphatic heterocycles. The molecule has 1 saturated carbocycles. The highest BCUT2D eigenvalue weighted by molar-refractivity contribution is 4.99. The number of hydrogen-bond acceptors (Lipinski definition) is 2. The molecule has 0 bridgehead atoms. The summed E-state index contributed by atoms with van der Waals surface area (Å²) in [5.41, 5.74) is 0.917. The normalized spacial score (nSPS) is 39.0. The average molecular weight is 210 g/mol. The van der Waals surface area contributed by atoms with Gasteiger partial charge in [-0.2, -0.15) is 0 Å². The largest absolute Gasteiger partial charge is 0.309 e. The minimum Gasteiger partial charge on any atom is -0.309 e. The minimum atomic E-state index is 0.297. The van der Waals surface area contributed by atoms with E-state index in [-0.39, 0.29) is 0 Å². The highest BCUT2D eigenvalue weighted by Gasteiger charge is 2.47. The van der Waals surface area contributed by atoms with Crippen molar-refractivity contribution in [2.24, 2.45) is 11.3 Å². The molecule has 2 heteroatoms. The van der Waals surface area contributed by atoms with Crippen LogP contribution in [0.2, 0.25) is 0 Å². The van der Waals surface area contributed by atoms with Crippen molar-refractivity contribution in [1.82, 2.24) is 10.2 Å². The second kappa shape index (κ2) is 3.46. The van der Waals surface area contributed by atoms with E-state index >= 15 is 0 Å². The van der Waals surface area contributed by atoms with Gasteiger partial charge in [0.2, 0.25) is 0 Å². The first-order chi connectivity index (χ1) is 6.80. The van der Waals surface area contributed by atoms with Crippen molar-refractivity contribution in [2.75, 3.05) is 19.6 Å². The second-order valence-electron chi connectivity index (χ2n) is 6.93. The predicted molar refractivity (Wildman–Crippen MR) is 65.0 cm³/mol. The van der Waals surface area contributed by atoms with Crippen LogP contribution in [0.5, 0.6) is 0 Å². The van der Waals surface area contributed by atoms with Gasteiger partial charge in [-0.1, -0.05) is 13.8 Å². The van der Waals surface area contributed by atoms with Crippen LogP contribution in [0.15, 0.2) is 0 Å². The molecule has 15 heavy (non-hydrogen) atoms. The molecule has 0 radical (unpaired) electrons. The number of piperazine rings is 1. The Bertz CT molecular complexity index is 245. The molecule has 2 aliphatic rings. The SMILES string of the molecule is CC1CNC(C)(C)CN1CC1CC1(C)C. The Balaban J connectivity index is 1.90. The third-order valence-electron chi connectivity index (χ3n) is 4.27. The summed E-state index contributed by atoms with van der Waals surface area (Å²) < 4.78 is 0. The first kappa shape index (κ1) is 11.4. The van der Waals surface area contributed by atoms with E-state index in [0.29, 0.717) is 17.0 Å². The van der Waals surface area contributed by atoms with E-state index in [9.17, 15) is 0 Å². The topological polar surface area (TPSA) is 15.3 Å². The van der Waals surface area contributed by atoms with E-state index in [1.54, 1.807) is 0 Å². The molecule has 2 nitrogen and oxygen atoms in total. The second-order valence-corrected chi connectivity index (χ2v) is 6.93. The Morgan fingerprint density at radius 2 is 1.87 bits per heavy atom. The van der Waals surface area contributed by atoms with Gasteiger partial charge in [-0.25, -0.2) is 0 Å². The number of nitrogens with zero attached hydrogens (tertiary/aromatic N) is 1. The number of nitrogens with one attached hydrogen (secondary N) is 1. The third-order valence-corrected chi connectivity index (χ3v) is 4.27. The lowest BCUT2D eigenvalue weighted by atomic mass is 9.98. The number of rotatable bonds is 2. The summed E-state index contributed by atoms with van der Waals surface area (Å²) in [7, 11) is 0. The van der Waals surface area contributed by atoms with Crippen molar-refractivity contribution in [3.05, 3.63) is 0 Å². The zero-order chi connectivity index (χ0) is 11.3. The molecule has 1 heterocycles. The van der Waals surface area contributed by atoms with Gasteiger partial charge < -0.3 is 5.32 Å². The van der Waals surface area contributed by atoms with Crippen molar-refractivity contribution >= 4 is 0 Å². The zero-order valence-electron chi connectivity index (χ0n) is 10.9. The van der Waals surface area contributed by atoms with E-state index in [1.807, 2.05) is 0 Å². The summed E-state index contributed by atoms with van der Waals surface area (Å²) in [6, 6.07) is 0.703. The number of hydrogen-bond donors (Lipinski definition) is 1. The summed E-state index contributed by atoms with van der Waals surface area (Å²) in [4.78, 5) is 2.68. The van der Waals surface area contributed by atoms with E-state index in [1.165, 1.54) is 19.5 Å². The van der Waals surface area contributed by atoms with Crippen LogP contribution >= 0.6 is 0 Å². The van der Waals surface area contributed by atoms with Gasteiger partial charge in [0.1, 0.15) is 0 Å². The van der Waals surface area contributed by atoms with Gasteiger partial charge in [0.15, 0.2) is 0 Å². The molecule has 1 N–H and O–H groups in total. The maximum absolute atomic E-state index is 3.61. The highest BCUT2D eigenvalue weighted by Crippen LogP contribution is 2.52. The minimum absolute atomic E-state index is 0.297. The van der Waals surface area contributed by atoms with Crippen LogP contribution in [0.25, 0.3) is 0 Å². The van der Waals surface area contributed by atoms with Crippen molar-refractivity contribution < 1.29 is 0 Å². The lowest BCUT2D eigenvalue weighted by Gasteiger charge is -2.43. The molecule has 2 fully saturated rings. The smallest absolute Gasteiger partial charge is 0.0252 e. The van der Waals surface area contributed by atoms with Crippen molar-refractivity contribution in [3.63, 3.8) is 0 Å². The molecule has 1 saturated heterocycles. The van der Waals surface area contributed by atoms with E-state index < -0.39 is 0 Å². The van der Waals surface area contributed by atoms with Crippen LogP contribution < -0.4 is 5.32 Å². The summed E-state index contributed by atoms with van der Waals surface area (Å²) in [6.45, 7) is 15.4. The maximum Gasteiger partial charge on any atom is 0.0252 e. The quantitative estimate of drug-likeness (QED) is 0.751. The van der Waals surface area contributed by atoms with Gasteiger partial charge in [-0.3, -0.25) is 4.90 Å². The van der Waals surface area contributed by atoms with Crippen molar-refractivity contribution in [1.29, 1.82) is 0 Å². The Labute approximate surface area is 94.4 Å². The average Bonchev–Trinajstić information content (AvgIpc) is 2.66. The zero-order valence-corrected chi connectivity index (χ0v) is 10.9. The molecule has 88 valence electrons. The first-order valence-corrected chi connectivity index (χ1v) is 6.29. The van der Waals surface area contributed by atoms with Crippen LogP contribution in [0.3, 0.4) is 0 Å². The van der Waals surface area contributed by atoms with Crippen LogP contribution in [0.4, 0.5) is 0 Å². The third kappa shape index (κ3) is 2.54. The first-order valence-electron chi connectivity index (χ1n) is 6.29. The standard InChI is InChI=1S/C13H26N2/c1-10-7-14-13(4,5)9-15(10)8-11-6-12(11,2)3/h10-11,14H,6-9H2,1-5H3. The Morgan fingerprint density at radius 3 is 2.40 bits per heavy atom. The molecule has 0 aromatic rings. The van der Waals surface area contributed by atoms with Crippen molar-refractivity contribution in [3.8, 4) is 0 Å². The molecule has 2 unspecified atom stereocenters. The molecule has 0 spiro atoms. The molecule has 1 aliphatic carbocycles. The van der Waals surface area contributed by atoms with Gasteiger partial charge >= 0.3 is 0 Å². The predicted octanol–water partition coefficient (Wildman–Crippen LogP) is 2.10. The molecule has 0 aromatic carbocycles. The van der Waals surface area contributed by atoms with E-state index in [2.05, 4.69) is 44.8 Å². The van der Waals surface area contributed by atoms with Crippen LogP contribution in [-0.2, 0) is 0 Å².